The molecule has 0 saturated heterocycles. The second kappa shape index (κ2) is 9.14. The molecule has 202 valence electrons. The van der Waals surface area contributed by atoms with E-state index >= 15 is 0 Å². The predicted molar refractivity (Wildman–Crippen MR) is 172 cm³/mol. The van der Waals surface area contributed by atoms with E-state index in [0.29, 0.717) is 0 Å². The summed E-state index contributed by atoms with van der Waals surface area (Å²) in [6.07, 6.45) is 0. The molecule has 3 heteroatoms. The van der Waals surface area contributed by atoms with Crippen molar-refractivity contribution in [1.82, 2.24) is 0 Å². The molecular weight excluding hydrogens is 499 g/mol. The van der Waals surface area contributed by atoms with Gasteiger partial charge in [0.15, 0.2) is 0 Å². The van der Waals surface area contributed by atoms with E-state index in [4.69, 9.17) is 25.9 Å². The van der Waals surface area contributed by atoms with Crippen LogP contribution in [0, 0.1) is 0 Å². The minimum absolute atomic E-state index is 0.00469. The lowest BCUT2D eigenvalue weighted by atomic mass is 9.34. The standard InChI is InChI=1S/C38H35BO2/c1-37(2,3)26-17-19-32-30(21-26)39-31-22-27(38(4,5)6)18-20-33(31)41-36-29(25-15-11-8-12-16-25)23-28(35(40-32)34(36)39)24-13-9-7-10-14-24/h7-23H,1-6H3/i7D,8D,9D,10D,11D,12D,13D,14D,15D,16D,17D,18D,19D,20D,21D,22D. The van der Waals surface area contributed by atoms with Crippen LogP contribution in [0.3, 0.4) is 0 Å². The van der Waals surface area contributed by atoms with Crippen LogP contribution in [0.15, 0.2) is 103 Å². The summed E-state index contributed by atoms with van der Waals surface area (Å²) in [7, 11) is 0. The summed E-state index contributed by atoms with van der Waals surface area (Å²) in [5.41, 5.74) is -2.73. The lowest BCUT2D eigenvalue weighted by molar-refractivity contribution is 0.466. The second-order valence-electron chi connectivity index (χ2n) is 12.2. The van der Waals surface area contributed by atoms with Crippen LogP contribution < -0.4 is 25.9 Å². The van der Waals surface area contributed by atoms with Crippen LogP contribution in [-0.4, -0.2) is 6.71 Å². The van der Waals surface area contributed by atoms with E-state index in [-0.39, 0.29) is 85.8 Å². The minimum atomic E-state index is -1.37. The van der Waals surface area contributed by atoms with E-state index in [2.05, 4.69) is 0 Å². The van der Waals surface area contributed by atoms with E-state index in [9.17, 15) is 5.48 Å². The fourth-order valence-corrected chi connectivity index (χ4v) is 5.06. The van der Waals surface area contributed by atoms with Crippen molar-refractivity contribution in [3.63, 3.8) is 0 Å². The maximum atomic E-state index is 9.67. The van der Waals surface area contributed by atoms with E-state index < -0.39 is 101 Å². The summed E-state index contributed by atoms with van der Waals surface area (Å²) in [4.78, 5) is 0. The third-order valence-corrected chi connectivity index (χ3v) is 7.19. The SMILES string of the molecule is [2H]c1c([2H])c([2H])c(-c2cc(-c3c([2H])c([2H])c([2H])c([2H])c3[2H])c3c4c2Oc2c([2H])c([2H])c(C(C)(C)C)c([2H])c2B4c2c([2H])c(C(C)(C)C)c([2H])c([2H])c2O3)c([2H])c1[2H]. The van der Waals surface area contributed by atoms with Gasteiger partial charge >= 0.3 is 0 Å². The Hall–Kier alpha value is -4.24. The molecule has 41 heavy (non-hydrogen) atoms. The Balaban J connectivity index is 1.81. The first-order valence-corrected chi connectivity index (χ1v) is 13.3. The summed E-state index contributed by atoms with van der Waals surface area (Å²) >= 11 is 0. The van der Waals surface area contributed by atoms with Crippen molar-refractivity contribution < 1.29 is 31.4 Å². The van der Waals surface area contributed by atoms with Crippen molar-refractivity contribution in [3.8, 4) is 45.3 Å². The molecule has 0 aromatic heterocycles. The molecule has 0 atom stereocenters. The van der Waals surface area contributed by atoms with Crippen molar-refractivity contribution in [2.75, 3.05) is 0 Å². The van der Waals surface area contributed by atoms with Gasteiger partial charge in [-0.05, 0) is 62.2 Å². The molecule has 2 heterocycles. The molecule has 0 unspecified atom stereocenters. The maximum Gasteiger partial charge on any atom is 0.260 e. The minimum Gasteiger partial charge on any atom is -0.458 e. The molecule has 5 aromatic carbocycles. The highest BCUT2D eigenvalue weighted by Gasteiger charge is 2.43. The summed E-state index contributed by atoms with van der Waals surface area (Å²) in [6.45, 7) is 9.22. The molecule has 0 aliphatic carbocycles. The van der Waals surface area contributed by atoms with Crippen LogP contribution >= 0.6 is 0 Å². The first kappa shape index (κ1) is 13.6. The topological polar surface area (TPSA) is 18.5 Å². The average molecular weight is 551 g/mol. The van der Waals surface area contributed by atoms with Gasteiger partial charge in [0.1, 0.15) is 23.0 Å². The fraction of sp³-hybridized carbons (Fsp3) is 0.211. The Morgan fingerprint density at radius 1 is 0.561 bits per heavy atom. The van der Waals surface area contributed by atoms with Crippen LogP contribution in [-0.2, 0) is 10.8 Å². The van der Waals surface area contributed by atoms with E-state index in [1.807, 2.05) is 0 Å². The van der Waals surface area contributed by atoms with Crippen molar-refractivity contribution in [1.29, 1.82) is 0 Å². The van der Waals surface area contributed by atoms with Gasteiger partial charge in [-0.1, -0.05) is 126 Å². The second-order valence-corrected chi connectivity index (χ2v) is 12.2. The fourth-order valence-electron chi connectivity index (χ4n) is 5.06. The van der Waals surface area contributed by atoms with E-state index in [1.54, 1.807) is 41.5 Å². The largest absolute Gasteiger partial charge is 0.458 e. The first-order chi connectivity index (χ1) is 26.3. The number of ether oxygens (including phenoxy) is 2. The van der Waals surface area contributed by atoms with E-state index in [1.165, 1.54) is 6.07 Å². The molecule has 0 bridgehead atoms. The molecular formula is C38H35BO2. The van der Waals surface area contributed by atoms with Gasteiger partial charge in [0.2, 0.25) is 0 Å². The van der Waals surface area contributed by atoms with Crippen LogP contribution in [0.25, 0.3) is 22.3 Å². The zero-order chi connectivity index (χ0) is 42.4. The van der Waals surface area contributed by atoms with Gasteiger partial charge in [-0.3, -0.25) is 0 Å². The van der Waals surface area contributed by atoms with E-state index in [0.717, 1.165) is 0 Å². The number of hydrogen-bond donors (Lipinski definition) is 0. The lowest BCUT2D eigenvalue weighted by Crippen LogP contribution is -2.58. The van der Waals surface area contributed by atoms with Gasteiger partial charge < -0.3 is 9.47 Å². The molecule has 0 radical (unpaired) electrons. The highest BCUT2D eigenvalue weighted by molar-refractivity contribution is 6.98. The normalized spacial score (nSPS) is 18.9. The molecule has 0 amide bonds. The zero-order valence-corrected chi connectivity index (χ0v) is 23.5. The third-order valence-electron chi connectivity index (χ3n) is 7.19. The number of hydrogen-bond acceptors (Lipinski definition) is 2. The van der Waals surface area contributed by atoms with Crippen molar-refractivity contribution >= 4 is 23.1 Å². The van der Waals surface area contributed by atoms with Gasteiger partial charge in [-0.15, -0.1) is 0 Å². The molecule has 7 rings (SSSR count). The van der Waals surface area contributed by atoms with Crippen molar-refractivity contribution in [2.24, 2.45) is 0 Å². The molecule has 2 aliphatic heterocycles. The Morgan fingerprint density at radius 3 is 1.37 bits per heavy atom. The Morgan fingerprint density at radius 2 is 0.976 bits per heavy atom. The van der Waals surface area contributed by atoms with Crippen LogP contribution in [0.2, 0.25) is 0 Å². The van der Waals surface area contributed by atoms with Gasteiger partial charge in [-0.25, -0.2) is 0 Å². The van der Waals surface area contributed by atoms with Gasteiger partial charge in [-0.2, -0.15) is 0 Å². The smallest absolute Gasteiger partial charge is 0.260 e. The molecule has 0 saturated carbocycles. The zero-order valence-electron chi connectivity index (χ0n) is 39.5. The van der Waals surface area contributed by atoms with Gasteiger partial charge in [0.25, 0.3) is 6.71 Å². The summed E-state index contributed by atoms with van der Waals surface area (Å²) in [5.74, 6) is -1.10. The number of benzene rings is 5. The maximum absolute atomic E-state index is 9.67. The Labute approximate surface area is 266 Å². The van der Waals surface area contributed by atoms with Crippen LogP contribution in [0.4, 0.5) is 0 Å². The summed E-state index contributed by atoms with van der Waals surface area (Å²) in [5, 5.41) is 0. The first-order valence-electron chi connectivity index (χ1n) is 21.3. The molecule has 5 aromatic rings. The van der Waals surface area contributed by atoms with Gasteiger partial charge in [0.05, 0.1) is 21.9 Å². The van der Waals surface area contributed by atoms with Gasteiger partial charge in [0, 0.05) is 16.6 Å². The molecule has 0 fully saturated rings. The Bertz CT molecular complexity index is 2440. The average Bonchev–Trinajstić information content (AvgIpc) is 3.12. The monoisotopic (exact) mass is 550 g/mol. The number of rotatable bonds is 2. The highest BCUT2D eigenvalue weighted by atomic mass is 16.5. The van der Waals surface area contributed by atoms with Crippen molar-refractivity contribution in [2.45, 2.75) is 52.4 Å². The number of fused-ring (bicyclic) bond motifs is 4. The van der Waals surface area contributed by atoms with Crippen molar-refractivity contribution in [3.05, 3.63) is 114 Å². The molecule has 2 nitrogen and oxygen atoms in total. The highest BCUT2D eigenvalue weighted by Crippen LogP contribution is 2.46. The van der Waals surface area contributed by atoms with Crippen LogP contribution in [0.1, 0.15) is 74.6 Å². The third kappa shape index (κ3) is 4.27. The predicted octanol–water partition coefficient (Wildman–Crippen LogP) is 8.34. The summed E-state index contributed by atoms with van der Waals surface area (Å²) in [6, 6.07) is -7.74. The molecule has 0 N–H and O–H groups in total. The Kier molecular flexibility index (Phi) is 3.04. The molecule has 2 aliphatic rings. The quantitative estimate of drug-likeness (QED) is 0.202. The van der Waals surface area contributed by atoms with Crippen LogP contribution in [0.5, 0.6) is 23.0 Å². The summed E-state index contributed by atoms with van der Waals surface area (Å²) < 4.78 is 156. The molecule has 0 spiro atoms. The lowest BCUT2D eigenvalue weighted by Gasteiger charge is -2.37.